The fourth-order valence-electron chi connectivity index (χ4n) is 3.80. The first-order valence-electron chi connectivity index (χ1n) is 11.8. The van der Waals surface area contributed by atoms with E-state index >= 15 is 0 Å². The molecule has 1 fully saturated rings. The Balaban J connectivity index is 1.25. The topological polar surface area (TPSA) is 73.4 Å². The number of hydrogen-bond donors (Lipinski definition) is 2. The average Bonchev–Trinajstić information content (AvgIpc) is 2.88. The highest BCUT2D eigenvalue weighted by atomic mass is 16.1. The summed E-state index contributed by atoms with van der Waals surface area (Å²) in [7, 11) is 2.16. The molecule has 1 aliphatic rings. The van der Waals surface area contributed by atoms with Gasteiger partial charge < -0.3 is 20.4 Å². The summed E-state index contributed by atoms with van der Waals surface area (Å²) >= 11 is 0. The molecule has 0 saturated carbocycles. The normalized spacial score (nSPS) is 14.9. The molecule has 1 amide bonds. The largest absolute Gasteiger partial charge is 0.352 e. The molecule has 2 aromatic heterocycles. The van der Waals surface area contributed by atoms with Crippen molar-refractivity contribution in [3.05, 3.63) is 83.8 Å². The Morgan fingerprint density at radius 1 is 0.971 bits per heavy atom. The van der Waals surface area contributed by atoms with Gasteiger partial charge in [0.1, 0.15) is 5.82 Å². The third kappa shape index (κ3) is 7.23. The van der Waals surface area contributed by atoms with Crippen LogP contribution in [0.3, 0.4) is 0 Å². The molecular weight excluding hydrogens is 424 g/mol. The zero-order valence-electron chi connectivity index (χ0n) is 19.7. The maximum absolute atomic E-state index is 12.6. The lowest BCUT2D eigenvalue weighted by Gasteiger charge is -2.32. The van der Waals surface area contributed by atoms with E-state index in [1.807, 2.05) is 54.6 Å². The summed E-state index contributed by atoms with van der Waals surface area (Å²) in [6.07, 6.45) is 8.40. The Labute approximate surface area is 201 Å². The Morgan fingerprint density at radius 3 is 2.56 bits per heavy atom. The molecule has 2 N–H and O–H groups in total. The minimum atomic E-state index is -0.0705. The molecular formula is C27H32N6O. The summed E-state index contributed by atoms with van der Waals surface area (Å²) < 4.78 is 0. The number of hydrogen-bond acceptors (Lipinski definition) is 6. The fourth-order valence-corrected chi connectivity index (χ4v) is 3.80. The van der Waals surface area contributed by atoms with E-state index in [0.29, 0.717) is 17.9 Å². The second-order valence-corrected chi connectivity index (χ2v) is 8.52. The van der Waals surface area contributed by atoms with Gasteiger partial charge in [0.15, 0.2) is 0 Å². The molecule has 3 heterocycles. The van der Waals surface area contributed by atoms with Crippen molar-refractivity contribution in [3.8, 4) is 0 Å². The number of carbonyl (C=O) groups excluding carboxylic acids is 1. The maximum atomic E-state index is 12.6. The summed E-state index contributed by atoms with van der Waals surface area (Å²) in [6, 6.07) is 17.4. The lowest BCUT2D eigenvalue weighted by Crippen LogP contribution is -2.45. The number of likely N-dealkylation sites (N-methyl/N-ethyl adjacent to an activating group) is 1. The Morgan fingerprint density at radius 2 is 1.79 bits per heavy atom. The molecule has 1 saturated heterocycles. The van der Waals surface area contributed by atoms with Gasteiger partial charge >= 0.3 is 0 Å². The molecule has 0 aliphatic carbocycles. The van der Waals surface area contributed by atoms with Gasteiger partial charge in [-0.2, -0.15) is 0 Å². The van der Waals surface area contributed by atoms with Gasteiger partial charge in [-0.15, -0.1) is 0 Å². The van der Waals surface area contributed by atoms with Crippen LogP contribution in [0.2, 0.25) is 0 Å². The number of rotatable bonds is 9. The van der Waals surface area contributed by atoms with Crippen molar-refractivity contribution in [2.24, 2.45) is 0 Å². The van der Waals surface area contributed by atoms with Crippen molar-refractivity contribution in [3.63, 3.8) is 0 Å². The van der Waals surface area contributed by atoms with Crippen LogP contribution in [0.1, 0.15) is 28.0 Å². The van der Waals surface area contributed by atoms with Gasteiger partial charge in [0.2, 0.25) is 0 Å². The van der Waals surface area contributed by atoms with Crippen LogP contribution in [0.4, 0.5) is 11.5 Å². The number of nitrogens with zero attached hydrogens (tertiary/aromatic N) is 4. The number of amides is 1. The third-order valence-corrected chi connectivity index (χ3v) is 5.87. The van der Waals surface area contributed by atoms with E-state index in [1.165, 1.54) is 0 Å². The van der Waals surface area contributed by atoms with Gasteiger partial charge in [-0.1, -0.05) is 24.3 Å². The number of benzene rings is 1. The van der Waals surface area contributed by atoms with Crippen LogP contribution >= 0.6 is 0 Å². The van der Waals surface area contributed by atoms with Crippen LogP contribution in [-0.2, 0) is 0 Å². The highest BCUT2D eigenvalue weighted by Gasteiger charge is 2.13. The Hall–Kier alpha value is -3.55. The predicted molar refractivity (Wildman–Crippen MR) is 138 cm³/mol. The number of anilines is 2. The molecule has 0 atom stereocenters. The molecule has 7 nitrogen and oxygen atoms in total. The molecule has 1 aliphatic heterocycles. The number of aromatic nitrogens is 2. The monoisotopic (exact) mass is 456 g/mol. The van der Waals surface area contributed by atoms with Crippen molar-refractivity contribution in [1.82, 2.24) is 25.1 Å². The lowest BCUT2D eigenvalue weighted by molar-refractivity contribution is 0.0949. The van der Waals surface area contributed by atoms with E-state index in [2.05, 4.69) is 37.4 Å². The van der Waals surface area contributed by atoms with E-state index < -0.39 is 0 Å². The fraction of sp³-hybridized carbons (Fsp3) is 0.296. The highest BCUT2D eigenvalue weighted by molar-refractivity contribution is 5.94. The first kappa shape index (κ1) is 23.6. The molecule has 4 rings (SSSR count). The first-order valence-corrected chi connectivity index (χ1v) is 11.8. The zero-order valence-corrected chi connectivity index (χ0v) is 19.7. The van der Waals surface area contributed by atoms with Crippen LogP contribution in [-0.4, -0.2) is 72.0 Å². The number of carbonyl (C=O) groups is 1. The third-order valence-electron chi connectivity index (χ3n) is 5.87. The van der Waals surface area contributed by atoms with Crippen molar-refractivity contribution in [2.75, 3.05) is 51.6 Å². The molecule has 0 unspecified atom stereocenters. The van der Waals surface area contributed by atoms with Crippen LogP contribution in [0, 0.1) is 0 Å². The number of nitrogens with one attached hydrogen (secondary N) is 2. The lowest BCUT2D eigenvalue weighted by atomic mass is 10.1. The second kappa shape index (κ2) is 12.1. The van der Waals surface area contributed by atoms with E-state index in [0.717, 1.165) is 56.1 Å². The molecule has 0 spiro atoms. The summed E-state index contributed by atoms with van der Waals surface area (Å²) in [4.78, 5) is 26.0. The molecule has 3 aromatic rings. The Bertz CT molecular complexity index is 1080. The molecule has 34 heavy (non-hydrogen) atoms. The van der Waals surface area contributed by atoms with Crippen LogP contribution in [0.15, 0.2) is 67.0 Å². The zero-order chi connectivity index (χ0) is 23.6. The molecule has 176 valence electrons. The predicted octanol–water partition coefficient (Wildman–Crippen LogP) is 3.76. The molecule has 1 aromatic carbocycles. The number of pyridine rings is 2. The molecule has 0 radical (unpaired) electrons. The van der Waals surface area contributed by atoms with E-state index in [9.17, 15) is 4.79 Å². The summed E-state index contributed by atoms with van der Waals surface area (Å²) in [5.74, 6) is 0.570. The first-order chi connectivity index (χ1) is 16.7. The van der Waals surface area contributed by atoms with Crippen LogP contribution in [0.5, 0.6) is 0 Å². The smallest absolute Gasteiger partial charge is 0.251 e. The number of piperazine rings is 1. The van der Waals surface area contributed by atoms with Gasteiger partial charge in [0.25, 0.3) is 5.91 Å². The van der Waals surface area contributed by atoms with Crippen molar-refractivity contribution in [2.45, 2.75) is 6.42 Å². The van der Waals surface area contributed by atoms with Crippen LogP contribution in [0.25, 0.3) is 12.2 Å². The standard InChI is InChI=1S/C27H32N6O/c1-32-17-19-33(20-18-32)16-4-14-30-27(34)23-12-15-29-26(21-23)31-25-10-7-22(8-11-25)6-9-24-5-2-3-13-28-24/h2-3,5-13,15,21H,4,14,16-20H2,1H3,(H,29,31)(H,30,34)/b9-6+. The van der Waals surface area contributed by atoms with Gasteiger partial charge in [0.05, 0.1) is 5.69 Å². The van der Waals surface area contributed by atoms with Gasteiger partial charge in [-0.05, 0) is 68.1 Å². The Kier molecular flexibility index (Phi) is 8.38. The van der Waals surface area contributed by atoms with E-state index in [1.54, 1.807) is 24.5 Å². The summed E-state index contributed by atoms with van der Waals surface area (Å²) in [5, 5.41) is 6.30. The van der Waals surface area contributed by atoms with Crippen molar-refractivity contribution >= 4 is 29.6 Å². The van der Waals surface area contributed by atoms with Gasteiger partial charge in [0, 0.05) is 56.4 Å². The van der Waals surface area contributed by atoms with Gasteiger partial charge in [-0.3, -0.25) is 9.78 Å². The van der Waals surface area contributed by atoms with E-state index in [-0.39, 0.29) is 5.91 Å². The minimum Gasteiger partial charge on any atom is -0.352 e. The summed E-state index contributed by atoms with van der Waals surface area (Å²) in [6.45, 7) is 6.12. The maximum Gasteiger partial charge on any atom is 0.251 e. The average molecular weight is 457 g/mol. The second-order valence-electron chi connectivity index (χ2n) is 8.52. The van der Waals surface area contributed by atoms with Crippen LogP contribution < -0.4 is 10.6 Å². The highest BCUT2D eigenvalue weighted by Crippen LogP contribution is 2.17. The molecule has 0 bridgehead atoms. The quantitative estimate of drug-likeness (QED) is 0.478. The summed E-state index contributed by atoms with van der Waals surface area (Å²) in [5.41, 5.74) is 3.51. The van der Waals surface area contributed by atoms with E-state index in [4.69, 9.17) is 0 Å². The van der Waals surface area contributed by atoms with Crippen molar-refractivity contribution in [1.29, 1.82) is 0 Å². The van der Waals surface area contributed by atoms with Crippen molar-refractivity contribution < 1.29 is 4.79 Å². The van der Waals surface area contributed by atoms with Gasteiger partial charge in [-0.25, -0.2) is 4.98 Å². The minimum absolute atomic E-state index is 0.0705. The molecule has 7 heteroatoms. The SMILES string of the molecule is CN1CCN(CCCNC(=O)c2ccnc(Nc3ccc(/C=C/c4ccccn4)cc3)c2)CC1.